The molecule has 0 bridgehead atoms. The van der Waals surface area contributed by atoms with E-state index in [1.165, 1.54) is 40.7 Å². The molecule has 8 heteroatoms. The Morgan fingerprint density at radius 2 is 1.64 bits per heavy atom. The van der Waals surface area contributed by atoms with E-state index >= 15 is 0 Å². The van der Waals surface area contributed by atoms with Crippen molar-refractivity contribution in [3.63, 3.8) is 0 Å². The number of aryl methyl sites for hydroxylation is 1. The van der Waals surface area contributed by atoms with Gasteiger partial charge in [-0.3, -0.25) is 4.79 Å². The van der Waals surface area contributed by atoms with Gasteiger partial charge in [0, 0.05) is 24.3 Å². The summed E-state index contributed by atoms with van der Waals surface area (Å²) in [6.07, 6.45) is 2.70. The first-order valence-corrected chi connectivity index (χ1v) is 10.5. The summed E-state index contributed by atoms with van der Waals surface area (Å²) >= 11 is 0. The van der Waals surface area contributed by atoms with Crippen LogP contribution in [0, 0.1) is 6.92 Å². The van der Waals surface area contributed by atoms with Crippen molar-refractivity contribution >= 4 is 27.6 Å². The number of carboxylic acids is 1. The van der Waals surface area contributed by atoms with E-state index in [1.807, 2.05) is 0 Å². The molecule has 1 aliphatic heterocycles. The molecule has 2 N–H and O–H groups in total. The average Bonchev–Trinajstić information content (AvgIpc) is 2.69. The van der Waals surface area contributed by atoms with E-state index in [1.54, 1.807) is 13.0 Å². The third-order valence-electron chi connectivity index (χ3n) is 4.80. The quantitative estimate of drug-likeness (QED) is 0.800. The molecule has 1 heterocycles. The number of sulfonamides is 1. The van der Waals surface area contributed by atoms with Crippen molar-refractivity contribution in [2.24, 2.45) is 0 Å². The van der Waals surface area contributed by atoms with Gasteiger partial charge in [-0.15, -0.1) is 0 Å². The molecule has 0 atom stereocenters. The molecular weight excluding hydrogens is 380 g/mol. The maximum Gasteiger partial charge on any atom is 0.335 e. The standard InChI is InChI=1S/C20H22N2O5S/c1-14-5-10-17(28(26,27)22-11-3-2-4-12-22)13-18(14)19(23)21-16-8-6-15(7-9-16)20(24)25/h5-10,13H,2-4,11-12H2,1H3,(H,21,23)(H,24,25). The van der Waals surface area contributed by atoms with Crippen molar-refractivity contribution in [1.29, 1.82) is 0 Å². The Morgan fingerprint density at radius 3 is 2.25 bits per heavy atom. The lowest BCUT2D eigenvalue weighted by molar-refractivity contribution is 0.0696. The number of benzene rings is 2. The topological polar surface area (TPSA) is 104 Å². The maximum absolute atomic E-state index is 12.9. The van der Waals surface area contributed by atoms with E-state index in [2.05, 4.69) is 5.32 Å². The molecule has 3 rings (SSSR count). The molecule has 2 aromatic rings. The highest BCUT2D eigenvalue weighted by molar-refractivity contribution is 7.89. The van der Waals surface area contributed by atoms with Crippen LogP contribution in [0.1, 0.15) is 45.5 Å². The minimum absolute atomic E-state index is 0.103. The fourth-order valence-corrected chi connectivity index (χ4v) is 4.70. The zero-order chi connectivity index (χ0) is 20.3. The second-order valence-electron chi connectivity index (χ2n) is 6.78. The second-order valence-corrected chi connectivity index (χ2v) is 8.72. The Morgan fingerprint density at radius 1 is 1.00 bits per heavy atom. The molecule has 1 fully saturated rings. The summed E-state index contributed by atoms with van der Waals surface area (Å²) < 4.78 is 27.2. The van der Waals surface area contributed by atoms with E-state index in [-0.39, 0.29) is 16.0 Å². The lowest BCUT2D eigenvalue weighted by atomic mass is 10.1. The molecule has 1 saturated heterocycles. The van der Waals surface area contributed by atoms with Crippen molar-refractivity contribution in [3.8, 4) is 0 Å². The monoisotopic (exact) mass is 402 g/mol. The SMILES string of the molecule is Cc1ccc(S(=O)(=O)N2CCCCC2)cc1C(=O)Nc1ccc(C(=O)O)cc1. The summed E-state index contributed by atoms with van der Waals surface area (Å²) in [4.78, 5) is 23.7. The fraction of sp³-hybridized carbons (Fsp3) is 0.300. The van der Waals surface area contributed by atoms with Crippen molar-refractivity contribution in [2.45, 2.75) is 31.1 Å². The van der Waals surface area contributed by atoms with Crippen LogP contribution in [-0.4, -0.2) is 42.8 Å². The third-order valence-corrected chi connectivity index (χ3v) is 6.69. The maximum atomic E-state index is 12.9. The van der Waals surface area contributed by atoms with Crippen molar-refractivity contribution in [3.05, 3.63) is 59.2 Å². The van der Waals surface area contributed by atoms with Crippen LogP contribution >= 0.6 is 0 Å². The third kappa shape index (κ3) is 4.23. The molecule has 7 nitrogen and oxygen atoms in total. The fourth-order valence-electron chi connectivity index (χ4n) is 3.16. The minimum Gasteiger partial charge on any atom is -0.478 e. The lowest BCUT2D eigenvalue weighted by Gasteiger charge is -2.26. The Kier molecular flexibility index (Phi) is 5.81. The summed E-state index contributed by atoms with van der Waals surface area (Å²) in [7, 11) is -3.63. The number of hydrogen-bond acceptors (Lipinski definition) is 4. The number of nitrogens with zero attached hydrogens (tertiary/aromatic N) is 1. The first kappa shape index (κ1) is 20.0. The molecule has 1 amide bonds. The number of carboxylic acid groups (broad SMARTS) is 1. The van der Waals surface area contributed by atoms with Crippen LogP contribution in [0.15, 0.2) is 47.4 Å². The highest BCUT2D eigenvalue weighted by Crippen LogP contribution is 2.23. The highest BCUT2D eigenvalue weighted by atomic mass is 32.2. The van der Waals surface area contributed by atoms with Crippen LogP contribution < -0.4 is 5.32 Å². The summed E-state index contributed by atoms with van der Waals surface area (Å²) in [5.41, 5.74) is 1.46. The van der Waals surface area contributed by atoms with Gasteiger partial charge in [0.25, 0.3) is 5.91 Å². The smallest absolute Gasteiger partial charge is 0.335 e. The lowest BCUT2D eigenvalue weighted by Crippen LogP contribution is -2.35. The van der Waals surface area contributed by atoms with E-state index < -0.39 is 21.9 Å². The Hall–Kier alpha value is -2.71. The van der Waals surface area contributed by atoms with Crippen molar-refractivity contribution < 1.29 is 23.1 Å². The minimum atomic E-state index is -3.63. The number of nitrogens with one attached hydrogen (secondary N) is 1. The van der Waals surface area contributed by atoms with Gasteiger partial charge in [0.1, 0.15) is 0 Å². The zero-order valence-corrected chi connectivity index (χ0v) is 16.3. The first-order valence-electron chi connectivity index (χ1n) is 9.04. The van der Waals surface area contributed by atoms with Crippen LogP contribution in [-0.2, 0) is 10.0 Å². The molecule has 2 aromatic carbocycles. The van der Waals surface area contributed by atoms with Gasteiger partial charge in [0.05, 0.1) is 10.5 Å². The Labute approximate surface area is 164 Å². The van der Waals surface area contributed by atoms with Crippen LogP contribution in [0.5, 0.6) is 0 Å². The van der Waals surface area contributed by atoms with Gasteiger partial charge in [-0.1, -0.05) is 12.5 Å². The largest absolute Gasteiger partial charge is 0.478 e. The van der Waals surface area contributed by atoms with Crippen LogP contribution in [0.3, 0.4) is 0 Å². The van der Waals surface area contributed by atoms with E-state index in [4.69, 9.17) is 5.11 Å². The zero-order valence-electron chi connectivity index (χ0n) is 15.5. The highest BCUT2D eigenvalue weighted by Gasteiger charge is 2.27. The van der Waals surface area contributed by atoms with E-state index in [0.29, 0.717) is 24.3 Å². The van der Waals surface area contributed by atoms with Crippen molar-refractivity contribution in [1.82, 2.24) is 4.31 Å². The number of anilines is 1. The van der Waals surface area contributed by atoms with Gasteiger partial charge in [0.15, 0.2) is 0 Å². The van der Waals surface area contributed by atoms with Crippen LogP contribution in [0.4, 0.5) is 5.69 Å². The number of piperidine rings is 1. The number of carbonyl (C=O) groups is 2. The molecule has 28 heavy (non-hydrogen) atoms. The molecule has 148 valence electrons. The van der Waals surface area contributed by atoms with Gasteiger partial charge in [-0.25, -0.2) is 13.2 Å². The van der Waals surface area contributed by atoms with Gasteiger partial charge < -0.3 is 10.4 Å². The predicted octanol–water partition coefficient (Wildman–Crippen LogP) is 3.12. The van der Waals surface area contributed by atoms with Crippen LogP contribution in [0.25, 0.3) is 0 Å². The molecule has 0 aliphatic carbocycles. The van der Waals surface area contributed by atoms with Crippen molar-refractivity contribution in [2.75, 3.05) is 18.4 Å². The normalized spacial score (nSPS) is 15.2. The van der Waals surface area contributed by atoms with Gasteiger partial charge in [0.2, 0.25) is 10.0 Å². The van der Waals surface area contributed by atoms with E-state index in [9.17, 15) is 18.0 Å². The number of aromatic carboxylic acids is 1. The Balaban J connectivity index is 1.84. The van der Waals surface area contributed by atoms with E-state index in [0.717, 1.165) is 19.3 Å². The number of hydrogen-bond donors (Lipinski definition) is 2. The van der Waals surface area contributed by atoms with Gasteiger partial charge in [-0.2, -0.15) is 4.31 Å². The summed E-state index contributed by atoms with van der Waals surface area (Å²) in [5.74, 6) is -1.50. The summed E-state index contributed by atoms with van der Waals surface area (Å²) in [6, 6.07) is 10.3. The summed E-state index contributed by atoms with van der Waals surface area (Å²) in [6.45, 7) is 2.72. The molecule has 1 aliphatic rings. The average molecular weight is 402 g/mol. The number of rotatable bonds is 5. The molecule has 0 spiro atoms. The van der Waals surface area contributed by atoms with Gasteiger partial charge >= 0.3 is 5.97 Å². The van der Waals surface area contributed by atoms with Gasteiger partial charge in [-0.05, 0) is 61.7 Å². The molecule has 0 aromatic heterocycles. The number of amides is 1. The Bertz CT molecular complexity index is 994. The molecular formula is C20H22N2O5S. The second kappa shape index (κ2) is 8.12. The van der Waals surface area contributed by atoms with Crippen LogP contribution in [0.2, 0.25) is 0 Å². The predicted molar refractivity (Wildman–Crippen MR) is 105 cm³/mol. The first-order chi connectivity index (χ1) is 13.3. The molecule has 0 radical (unpaired) electrons. The number of carbonyl (C=O) groups excluding carboxylic acids is 1. The molecule has 0 unspecified atom stereocenters. The summed E-state index contributed by atoms with van der Waals surface area (Å²) in [5, 5.41) is 11.6. The molecule has 0 saturated carbocycles.